The molecule has 0 radical (unpaired) electrons. The maximum absolute atomic E-state index is 10.2. The first-order valence-corrected chi connectivity index (χ1v) is 8.39. The second-order valence-corrected chi connectivity index (χ2v) is 6.18. The molecule has 2 N–H and O–H groups in total. The Morgan fingerprint density at radius 2 is 1.91 bits per heavy atom. The van der Waals surface area contributed by atoms with E-state index in [-0.39, 0.29) is 6.61 Å². The van der Waals surface area contributed by atoms with Crippen LogP contribution in [0, 0.1) is 0 Å². The fraction of sp³-hybridized carbons (Fsp3) is 0.222. The average Bonchev–Trinajstić information content (AvgIpc) is 3.07. The third-order valence-electron chi connectivity index (χ3n) is 3.49. The van der Waals surface area contributed by atoms with Gasteiger partial charge in [0.05, 0.1) is 13.2 Å². The van der Waals surface area contributed by atoms with Crippen molar-refractivity contribution >= 4 is 22.7 Å². The quantitative estimate of drug-likeness (QED) is 0.649. The third-order valence-corrected chi connectivity index (χ3v) is 4.69. The molecule has 0 aliphatic rings. The molecule has 0 bridgehead atoms. The molecule has 0 spiro atoms. The monoisotopic (exact) mass is 329 g/mol. The molecule has 1 atom stereocenters. The van der Waals surface area contributed by atoms with Gasteiger partial charge in [-0.15, -0.1) is 11.8 Å². The van der Waals surface area contributed by atoms with Crippen molar-refractivity contribution in [2.75, 3.05) is 19.5 Å². The van der Waals surface area contributed by atoms with Gasteiger partial charge in [-0.2, -0.15) is 0 Å². The zero-order valence-corrected chi connectivity index (χ0v) is 13.7. The van der Waals surface area contributed by atoms with Gasteiger partial charge in [0.2, 0.25) is 0 Å². The number of thioether (sulfide) groups is 1. The molecule has 1 aromatic heterocycles. The fourth-order valence-electron chi connectivity index (χ4n) is 2.34. The lowest BCUT2D eigenvalue weighted by Crippen LogP contribution is -2.20. The van der Waals surface area contributed by atoms with Crippen molar-refractivity contribution in [3.63, 3.8) is 0 Å². The Balaban J connectivity index is 1.55. The van der Waals surface area contributed by atoms with E-state index in [4.69, 9.17) is 9.47 Å². The highest BCUT2D eigenvalue weighted by molar-refractivity contribution is 7.99. The van der Waals surface area contributed by atoms with Crippen LogP contribution in [0.25, 0.3) is 10.9 Å². The standard InChI is InChI=1S/C18H19NO3S/c1-21-17-6-2-3-8-18(17)23-12-13(20)11-22-16-7-4-5-15-14(16)9-10-19-15/h2-10,13,19-20H,11-12H2,1H3. The zero-order chi connectivity index (χ0) is 16.1. The predicted octanol–water partition coefficient (Wildman–Crippen LogP) is 3.71. The van der Waals surface area contributed by atoms with Crippen LogP contribution in [0.1, 0.15) is 0 Å². The van der Waals surface area contributed by atoms with Crippen LogP contribution in [-0.2, 0) is 0 Å². The van der Waals surface area contributed by atoms with Crippen LogP contribution in [0.4, 0.5) is 0 Å². The lowest BCUT2D eigenvalue weighted by atomic mass is 10.2. The summed E-state index contributed by atoms with van der Waals surface area (Å²) in [5, 5.41) is 11.2. The van der Waals surface area contributed by atoms with Crippen LogP contribution in [0.2, 0.25) is 0 Å². The van der Waals surface area contributed by atoms with E-state index >= 15 is 0 Å². The second kappa shape index (κ2) is 7.44. The Kier molecular flexibility index (Phi) is 5.10. The van der Waals surface area contributed by atoms with E-state index < -0.39 is 6.10 Å². The highest BCUT2D eigenvalue weighted by atomic mass is 32.2. The van der Waals surface area contributed by atoms with Gasteiger partial charge < -0.3 is 19.6 Å². The maximum Gasteiger partial charge on any atom is 0.132 e. The summed E-state index contributed by atoms with van der Waals surface area (Å²) in [6.45, 7) is 0.256. The number of ether oxygens (including phenoxy) is 2. The largest absolute Gasteiger partial charge is 0.496 e. The molecule has 0 aliphatic carbocycles. The van der Waals surface area contributed by atoms with Crippen molar-refractivity contribution < 1.29 is 14.6 Å². The van der Waals surface area contributed by atoms with E-state index in [1.807, 2.05) is 54.7 Å². The van der Waals surface area contributed by atoms with Crippen LogP contribution < -0.4 is 9.47 Å². The van der Waals surface area contributed by atoms with Crippen molar-refractivity contribution in [3.05, 3.63) is 54.7 Å². The number of nitrogens with one attached hydrogen (secondary N) is 1. The van der Waals surface area contributed by atoms with Gasteiger partial charge in [0.1, 0.15) is 18.1 Å². The molecular formula is C18H19NO3S. The molecule has 0 amide bonds. The summed E-state index contributed by atoms with van der Waals surface area (Å²) in [5.41, 5.74) is 1.03. The molecule has 2 aromatic carbocycles. The van der Waals surface area contributed by atoms with E-state index in [0.29, 0.717) is 5.75 Å². The van der Waals surface area contributed by atoms with Gasteiger partial charge in [0.15, 0.2) is 0 Å². The number of H-pyrrole nitrogens is 1. The minimum atomic E-state index is -0.556. The molecule has 0 aliphatic heterocycles. The van der Waals surface area contributed by atoms with Crippen LogP contribution in [0.3, 0.4) is 0 Å². The second-order valence-electron chi connectivity index (χ2n) is 5.12. The van der Waals surface area contributed by atoms with Gasteiger partial charge in [-0.25, -0.2) is 0 Å². The Morgan fingerprint density at radius 3 is 2.78 bits per heavy atom. The van der Waals surface area contributed by atoms with Gasteiger partial charge in [0, 0.05) is 27.7 Å². The number of aromatic amines is 1. The Hall–Kier alpha value is -2.11. The van der Waals surface area contributed by atoms with E-state index in [1.165, 1.54) is 0 Å². The molecule has 3 aromatic rings. The van der Waals surface area contributed by atoms with Crippen molar-refractivity contribution in [2.45, 2.75) is 11.0 Å². The number of hydrogen-bond acceptors (Lipinski definition) is 4. The minimum absolute atomic E-state index is 0.256. The summed E-state index contributed by atoms with van der Waals surface area (Å²) >= 11 is 1.56. The predicted molar refractivity (Wildman–Crippen MR) is 93.5 cm³/mol. The van der Waals surface area contributed by atoms with Crippen molar-refractivity contribution in [1.29, 1.82) is 0 Å². The number of rotatable bonds is 7. The molecule has 3 rings (SSSR count). The molecule has 5 heteroatoms. The van der Waals surface area contributed by atoms with E-state index in [2.05, 4.69) is 4.98 Å². The number of aliphatic hydroxyl groups is 1. The molecule has 0 saturated heterocycles. The number of aromatic nitrogens is 1. The summed E-state index contributed by atoms with van der Waals surface area (Å²) in [5.74, 6) is 2.15. The smallest absolute Gasteiger partial charge is 0.132 e. The average molecular weight is 329 g/mol. The van der Waals surface area contributed by atoms with Gasteiger partial charge in [0.25, 0.3) is 0 Å². The SMILES string of the molecule is COc1ccccc1SCC(O)COc1cccc2[nH]ccc12. The Morgan fingerprint density at radius 1 is 1.09 bits per heavy atom. The summed E-state index contributed by atoms with van der Waals surface area (Å²) in [6.07, 6.45) is 1.32. The number of aliphatic hydroxyl groups excluding tert-OH is 1. The Bertz CT molecular complexity index is 772. The Labute approximate surface area is 139 Å². The summed E-state index contributed by atoms with van der Waals surface area (Å²) in [6, 6.07) is 15.6. The lowest BCUT2D eigenvalue weighted by Gasteiger charge is -2.14. The molecule has 1 heterocycles. The van der Waals surface area contributed by atoms with Gasteiger partial charge in [-0.1, -0.05) is 18.2 Å². The zero-order valence-electron chi connectivity index (χ0n) is 12.9. The molecule has 23 heavy (non-hydrogen) atoms. The fourth-order valence-corrected chi connectivity index (χ4v) is 3.28. The molecule has 0 fully saturated rings. The summed E-state index contributed by atoms with van der Waals surface area (Å²) in [4.78, 5) is 4.16. The van der Waals surface area contributed by atoms with Gasteiger partial charge in [-0.3, -0.25) is 0 Å². The number of fused-ring (bicyclic) bond motifs is 1. The highest BCUT2D eigenvalue weighted by Gasteiger charge is 2.10. The summed E-state index contributed by atoms with van der Waals surface area (Å²) < 4.78 is 11.1. The van der Waals surface area contributed by atoms with Crippen LogP contribution in [-0.4, -0.2) is 35.7 Å². The first kappa shape index (κ1) is 15.8. The number of methoxy groups -OCH3 is 1. The number of para-hydroxylation sites is 1. The molecule has 4 nitrogen and oxygen atoms in total. The number of benzene rings is 2. The van der Waals surface area contributed by atoms with E-state index in [9.17, 15) is 5.11 Å². The molecule has 1 unspecified atom stereocenters. The summed E-state index contributed by atoms with van der Waals surface area (Å²) in [7, 11) is 1.65. The topological polar surface area (TPSA) is 54.5 Å². The van der Waals surface area contributed by atoms with Crippen molar-refractivity contribution in [1.82, 2.24) is 4.98 Å². The number of hydrogen-bond donors (Lipinski definition) is 2. The normalized spacial score (nSPS) is 12.3. The molecule has 120 valence electrons. The maximum atomic E-state index is 10.2. The van der Waals surface area contributed by atoms with Crippen molar-refractivity contribution in [3.8, 4) is 11.5 Å². The first-order chi connectivity index (χ1) is 11.3. The van der Waals surface area contributed by atoms with Crippen LogP contribution in [0.15, 0.2) is 59.6 Å². The van der Waals surface area contributed by atoms with Crippen LogP contribution >= 0.6 is 11.8 Å². The first-order valence-electron chi connectivity index (χ1n) is 7.40. The van der Waals surface area contributed by atoms with Gasteiger partial charge in [-0.05, 0) is 30.3 Å². The third kappa shape index (κ3) is 3.81. The van der Waals surface area contributed by atoms with E-state index in [1.54, 1.807) is 18.9 Å². The molecule has 0 saturated carbocycles. The lowest BCUT2D eigenvalue weighted by molar-refractivity contribution is 0.127. The van der Waals surface area contributed by atoms with E-state index in [0.717, 1.165) is 27.3 Å². The van der Waals surface area contributed by atoms with Gasteiger partial charge >= 0.3 is 0 Å². The minimum Gasteiger partial charge on any atom is -0.496 e. The van der Waals surface area contributed by atoms with Crippen LogP contribution in [0.5, 0.6) is 11.5 Å². The van der Waals surface area contributed by atoms with Crippen molar-refractivity contribution in [2.24, 2.45) is 0 Å². The molecular weight excluding hydrogens is 310 g/mol. The highest BCUT2D eigenvalue weighted by Crippen LogP contribution is 2.29.